The Morgan fingerprint density at radius 3 is 2.81 bits per heavy atom. The maximum absolute atomic E-state index is 9.41. The van der Waals surface area contributed by atoms with Gasteiger partial charge >= 0.3 is 0 Å². The lowest BCUT2D eigenvalue weighted by atomic mass is 9.74. The number of hydrogen-bond donors (Lipinski definition) is 1. The largest absolute Gasteiger partial charge is 0.299 e. The van der Waals surface area contributed by atoms with Crippen molar-refractivity contribution in [1.29, 1.82) is 5.26 Å². The molecule has 16 heavy (non-hydrogen) atoms. The van der Waals surface area contributed by atoms with Gasteiger partial charge in [-0.3, -0.25) is 5.32 Å². The van der Waals surface area contributed by atoms with E-state index in [0.717, 1.165) is 37.6 Å². The summed E-state index contributed by atoms with van der Waals surface area (Å²) >= 11 is 0. The Balaban J connectivity index is 2.54. The van der Waals surface area contributed by atoms with Crippen LogP contribution in [-0.4, -0.2) is 12.1 Å². The SMILES string of the molecule is CCCNC1(C#N)CCCC(CC(C)C)C1. The molecule has 0 saturated heterocycles. The summed E-state index contributed by atoms with van der Waals surface area (Å²) < 4.78 is 0. The van der Waals surface area contributed by atoms with Crippen LogP contribution in [0.15, 0.2) is 0 Å². The van der Waals surface area contributed by atoms with Crippen LogP contribution >= 0.6 is 0 Å². The van der Waals surface area contributed by atoms with Crippen LogP contribution in [0, 0.1) is 23.2 Å². The van der Waals surface area contributed by atoms with Gasteiger partial charge in [-0.15, -0.1) is 0 Å². The highest BCUT2D eigenvalue weighted by atomic mass is 15.0. The molecule has 2 atom stereocenters. The highest BCUT2D eigenvalue weighted by molar-refractivity contribution is 5.09. The standard InChI is InChI=1S/C14H26N2/c1-4-8-16-14(11-15)7-5-6-13(10-14)9-12(2)3/h12-13,16H,4-10H2,1-3H3. The minimum absolute atomic E-state index is 0.214. The molecule has 1 fully saturated rings. The molecule has 0 aromatic carbocycles. The van der Waals surface area contributed by atoms with Crippen molar-refractivity contribution in [1.82, 2.24) is 5.32 Å². The van der Waals surface area contributed by atoms with Crippen LogP contribution in [-0.2, 0) is 0 Å². The average molecular weight is 222 g/mol. The zero-order valence-corrected chi connectivity index (χ0v) is 11.1. The lowest BCUT2D eigenvalue weighted by molar-refractivity contribution is 0.207. The molecule has 1 aliphatic carbocycles. The summed E-state index contributed by atoms with van der Waals surface area (Å²) in [5.74, 6) is 1.50. The third-order valence-corrected chi connectivity index (χ3v) is 3.59. The number of rotatable bonds is 5. The Labute approximate surface area is 100 Å². The first-order valence-corrected chi connectivity index (χ1v) is 6.78. The van der Waals surface area contributed by atoms with Crippen LogP contribution < -0.4 is 5.32 Å². The first kappa shape index (κ1) is 13.5. The molecule has 0 amide bonds. The first-order chi connectivity index (χ1) is 7.62. The third-order valence-electron chi connectivity index (χ3n) is 3.59. The predicted molar refractivity (Wildman–Crippen MR) is 68.1 cm³/mol. The maximum atomic E-state index is 9.41. The Bertz CT molecular complexity index is 242. The van der Waals surface area contributed by atoms with Gasteiger partial charge in [-0.05, 0) is 44.1 Å². The zero-order valence-electron chi connectivity index (χ0n) is 11.1. The van der Waals surface area contributed by atoms with Crippen LogP contribution in [0.3, 0.4) is 0 Å². The molecule has 0 aromatic heterocycles. The van der Waals surface area contributed by atoms with E-state index in [9.17, 15) is 5.26 Å². The molecular weight excluding hydrogens is 196 g/mol. The summed E-state index contributed by atoms with van der Waals surface area (Å²) in [5, 5.41) is 12.9. The normalized spacial score (nSPS) is 30.3. The minimum atomic E-state index is -0.214. The van der Waals surface area contributed by atoms with Gasteiger partial charge in [-0.2, -0.15) is 5.26 Å². The topological polar surface area (TPSA) is 35.8 Å². The van der Waals surface area contributed by atoms with Crippen LogP contribution in [0.4, 0.5) is 0 Å². The fourth-order valence-electron chi connectivity index (χ4n) is 2.92. The molecule has 0 heterocycles. The lowest BCUT2D eigenvalue weighted by Gasteiger charge is -2.37. The molecule has 0 radical (unpaired) electrons. The first-order valence-electron chi connectivity index (χ1n) is 6.78. The molecular formula is C14H26N2. The molecule has 2 heteroatoms. The molecule has 1 saturated carbocycles. The van der Waals surface area contributed by atoms with Crippen LogP contribution in [0.2, 0.25) is 0 Å². The molecule has 0 bridgehead atoms. The minimum Gasteiger partial charge on any atom is -0.299 e. The zero-order chi connectivity index (χ0) is 12.0. The van der Waals surface area contributed by atoms with E-state index in [4.69, 9.17) is 0 Å². The number of nitrogens with one attached hydrogen (secondary N) is 1. The predicted octanol–water partition coefficient (Wildman–Crippen LogP) is 3.48. The van der Waals surface area contributed by atoms with E-state index < -0.39 is 0 Å². The average Bonchev–Trinajstić information content (AvgIpc) is 2.26. The number of nitriles is 1. The lowest BCUT2D eigenvalue weighted by Crippen LogP contribution is -2.48. The molecule has 0 spiro atoms. The van der Waals surface area contributed by atoms with E-state index in [2.05, 4.69) is 32.2 Å². The van der Waals surface area contributed by atoms with Gasteiger partial charge in [-0.25, -0.2) is 0 Å². The van der Waals surface area contributed by atoms with Gasteiger partial charge in [0.1, 0.15) is 5.54 Å². The van der Waals surface area contributed by atoms with Gasteiger partial charge in [0, 0.05) is 0 Å². The van der Waals surface area contributed by atoms with Crippen molar-refractivity contribution in [3.8, 4) is 6.07 Å². The summed E-state index contributed by atoms with van der Waals surface area (Å²) in [6, 6.07) is 2.54. The third kappa shape index (κ3) is 3.79. The molecule has 92 valence electrons. The number of nitrogens with zero attached hydrogens (tertiary/aromatic N) is 1. The second kappa shape index (κ2) is 6.25. The van der Waals surface area contributed by atoms with E-state index in [1.54, 1.807) is 0 Å². The van der Waals surface area contributed by atoms with E-state index >= 15 is 0 Å². The van der Waals surface area contributed by atoms with Crippen LogP contribution in [0.25, 0.3) is 0 Å². The van der Waals surface area contributed by atoms with Gasteiger partial charge in [-0.1, -0.05) is 33.6 Å². The Morgan fingerprint density at radius 2 is 2.25 bits per heavy atom. The fraction of sp³-hybridized carbons (Fsp3) is 0.929. The fourth-order valence-corrected chi connectivity index (χ4v) is 2.92. The smallest absolute Gasteiger partial charge is 0.107 e. The van der Waals surface area contributed by atoms with E-state index in [-0.39, 0.29) is 5.54 Å². The number of hydrogen-bond acceptors (Lipinski definition) is 2. The van der Waals surface area contributed by atoms with E-state index in [1.807, 2.05) is 0 Å². The molecule has 2 nitrogen and oxygen atoms in total. The Morgan fingerprint density at radius 1 is 1.50 bits per heavy atom. The monoisotopic (exact) mass is 222 g/mol. The Kier molecular flexibility index (Phi) is 5.28. The van der Waals surface area contributed by atoms with Gasteiger partial charge in [0.25, 0.3) is 0 Å². The maximum Gasteiger partial charge on any atom is 0.107 e. The van der Waals surface area contributed by atoms with E-state index in [0.29, 0.717) is 0 Å². The summed E-state index contributed by atoms with van der Waals surface area (Å²) in [5.41, 5.74) is -0.214. The van der Waals surface area contributed by atoms with Crippen molar-refractivity contribution < 1.29 is 0 Å². The molecule has 2 unspecified atom stereocenters. The van der Waals surface area contributed by atoms with Crippen molar-refractivity contribution in [3.05, 3.63) is 0 Å². The molecule has 0 aliphatic heterocycles. The van der Waals surface area contributed by atoms with Crippen LogP contribution in [0.1, 0.15) is 59.3 Å². The van der Waals surface area contributed by atoms with E-state index in [1.165, 1.54) is 19.3 Å². The second-order valence-electron chi connectivity index (χ2n) is 5.71. The summed E-state index contributed by atoms with van der Waals surface area (Å²) in [6.07, 6.45) is 7.01. The van der Waals surface area contributed by atoms with Gasteiger partial charge in [0.05, 0.1) is 6.07 Å². The molecule has 1 N–H and O–H groups in total. The van der Waals surface area contributed by atoms with Crippen molar-refractivity contribution >= 4 is 0 Å². The highest BCUT2D eigenvalue weighted by Crippen LogP contribution is 2.35. The van der Waals surface area contributed by atoms with Crippen molar-refractivity contribution in [2.75, 3.05) is 6.54 Å². The molecule has 1 aliphatic rings. The summed E-state index contributed by atoms with van der Waals surface area (Å²) in [4.78, 5) is 0. The Hall–Kier alpha value is -0.550. The van der Waals surface area contributed by atoms with Crippen molar-refractivity contribution in [3.63, 3.8) is 0 Å². The summed E-state index contributed by atoms with van der Waals surface area (Å²) in [6.45, 7) is 7.69. The van der Waals surface area contributed by atoms with Crippen molar-refractivity contribution in [2.45, 2.75) is 64.8 Å². The highest BCUT2D eigenvalue weighted by Gasteiger charge is 2.35. The molecule has 0 aromatic rings. The van der Waals surface area contributed by atoms with Gasteiger partial charge in [0.15, 0.2) is 0 Å². The quantitative estimate of drug-likeness (QED) is 0.773. The van der Waals surface area contributed by atoms with Gasteiger partial charge < -0.3 is 0 Å². The van der Waals surface area contributed by atoms with Gasteiger partial charge in [0.2, 0.25) is 0 Å². The van der Waals surface area contributed by atoms with Crippen molar-refractivity contribution in [2.24, 2.45) is 11.8 Å². The van der Waals surface area contributed by atoms with Crippen LogP contribution in [0.5, 0.6) is 0 Å². The molecule has 1 rings (SSSR count). The summed E-state index contributed by atoms with van der Waals surface area (Å²) in [7, 11) is 0. The second-order valence-corrected chi connectivity index (χ2v) is 5.71.